The van der Waals surface area contributed by atoms with E-state index in [9.17, 15) is 4.79 Å². The quantitative estimate of drug-likeness (QED) is 0.416. The first-order valence-corrected chi connectivity index (χ1v) is 13.8. The third kappa shape index (κ3) is 5.86. The molecule has 2 aliphatic heterocycles. The molecule has 0 aliphatic carbocycles. The van der Waals surface area contributed by atoms with E-state index in [0.29, 0.717) is 33.6 Å². The zero-order valence-electron chi connectivity index (χ0n) is 20.8. The fourth-order valence-electron chi connectivity index (χ4n) is 5.77. The molecule has 2 aromatic carbocycles. The number of piperidine rings is 2. The molecule has 7 heteroatoms. The number of carbonyl (C=O) groups excluding carboxylic acids is 1. The number of hydrogen-bond donors (Lipinski definition) is 1. The molecule has 3 aromatic rings. The minimum absolute atomic E-state index is 0.00229. The number of carbonyl (C=O) groups is 1. The molecule has 0 spiro atoms. The van der Waals surface area contributed by atoms with Gasteiger partial charge in [0, 0.05) is 55.4 Å². The van der Waals surface area contributed by atoms with E-state index >= 15 is 0 Å². The molecule has 0 bridgehead atoms. The first-order chi connectivity index (χ1) is 17.5. The van der Waals surface area contributed by atoms with Crippen LogP contribution >= 0.6 is 23.2 Å². The topological polar surface area (TPSA) is 48.5 Å². The van der Waals surface area contributed by atoms with Crippen LogP contribution in [0.15, 0.2) is 54.7 Å². The fraction of sp³-hybridized carbons (Fsp3) is 0.448. The van der Waals surface area contributed by atoms with Gasteiger partial charge in [-0.3, -0.25) is 19.6 Å². The van der Waals surface area contributed by atoms with Gasteiger partial charge in [0.2, 0.25) is 0 Å². The summed E-state index contributed by atoms with van der Waals surface area (Å²) in [7, 11) is 0. The molecule has 2 saturated heterocycles. The van der Waals surface area contributed by atoms with Gasteiger partial charge in [0.25, 0.3) is 5.91 Å². The van der Waals surface area contributed by atoms with Gasteiger partial charge < -0.3 is 5.32 Å². The Balaban J connectivity index is 1.11. The lowest BCUT2D eigenvalue weighted by Gasteiger charge is -2.43. The van der Waals surface area contributed by atoms with E-state index in [1.165, 1.54) is 31.2 Å². The second-order valence-corrected chi connectivity index (χ2v) is 11.1. The minimum Gasteiger partial charge on any atom is -0.352 e. The second kappa shape index (κ2) is 11.5. The Hall–Kier alpha value is -2.18. The van der Waals surface area contributed by atoms with Crippen molar-refractivity contribution < 1.29 is 4.79 Å². The van der Waals surface area contributed by atoms with Crippen LogP contribution in [0.4, 0.5) is 0 Å². The van der Waals surface area contributed by atoms with Gasteiger partial charge in [-0.1, -0.05) is 35.3 Å². The summed E-state index contributed by atoms with van der Waals surface area (Å²) in [4.78, 5) is 22.4. The van der Waals surface area contributed by atoms with Crippen molar-refractivity contribution >= 4 is 40.0 Å². The van der Waals surface area contributed by atoms with Gasteiger partial charge in [-0.25, -0.2) is 0 Å². The molecule has 3 heterocycles. The lowest BCUT2D eigenvalue weighted by molar-refractivity contribution is 0.0582. The lowest BCUT2D eigenvalue weighted by atomic mass is 9.93. The largest absolute Gasteiger partial charge is 0.352 e. The van der Waals surface area contributed by atoms with Crippen molar-refractivity contribution in [3.05, 3.63) is 75.9 Å². The first kappa shape index (κ1) is 25.5. The molecule has 1 amide bonds. The van der Waals surface area contributed by atoms with Crippen molar-refractivity contribution in [1.29, 1.82) is 0 Å². The second-order valence-electron chi connectivity index (χ2n) is 10.2. The molecule has 190 valence electrons. The smallest absolute Gasteiger partial charge is 0.251 e. The molecule has 2 aliphatic rings. The van der Waals surface area contributed by atoms with Crippen LogP contribution in [0.3, 0.4) is 0 Å². The number of likely N-dealkylation sites (tertiary alicyclic amines) is 2. The molecule has 36 heavy (non-hydrogen) atoms. The summed E-state index contributed by atoms with van der Waals surface area (Å²) >= 11 is 12.4. The monoisotopic (exact) mass is 524 g/mol. The maximum atomic E-state index is 12.8. The highest BCUT2D eigenvalue weighted by molar-refractivity contribution is 6.42. The number of hydrogen-bond acceptors (Lipinski definition) is 4. The van der Waals surface area contributed by atoms with Crippen LogP contribution in [-0.4, -0.2) is 59.5 Å². The average Bonchev–Trinajstić information content (AvgIpc) is 2.93. The van der Waals surface area contributed by atoms with Gasteiger partial charge in [0.05, 0.1) is 15.6 Å². The zero-order chi connectivity index (χ0) is 25.1. The summed E-state index contributed by atoms with van der Waals surface area (Å²) in [6.07, 6.45) is 6.50. The number of nitrogens with one attached hydrogen (secondary N) is 1. The van der Waals surface area contributed by atoms with E-state index in [4.69, 9.17) is 23.2 Å². The van der Waals surface area contributed by atoms with Crippen molar-refractivity contribution in [1.82, 2.24) is 20.1 Å². The molecule has 5 nitrogen and oxygen atoms in total. The molecule has 0 radical (unpaired) electrons. The highest BCUT2D eigenvalue weighted by Gasteiger charge is 2.30. The Kier molecular flexibility index (Phi) is 8.12. The van der Waals surface area contributed by atoms with Gasteiger partial charge in [0.15, 0.2) is 0 Å². The van der Waals surface area contributed by atoms with Gasteiger partial charge >= 0.3 is 0 Å². The number of rotatable bonds is 6. The van der Waals surface area contributed by atoms with Crippen LogP contribution in [0.1, 0.15) is 54.6 Å². The van der Waals surface area contributed by atoms with E-state index in [1.807, 2.05) is 42.5 Å². The van der Waals surface area contributed by atoms with E-state index < -0.39 is 0 Å². The molecule has 0 saturated carbocycles. The minimum atomic E-state index is 0.00229. The average molecular weight is 526 g/mol. The van der Waals surface area contributed by atoms with Crippen molar-refractivity contribution in [3.63, 3.8) is 0 Å². The third-order valence-electron chi connectivity index (χ3n) is 7.96. The highest BCUT2D eigenvalue weighted by atomic mass is 35.5. The number of halogens is 2. The lowest BCUT2D eigenvalue weighted by Crippen LogP contribution is -2.50. The molecule has 1 N–H and O–H groups in total. The SMILES string of the molecule is CC(c1ccc(Cl)c(Cl)c1)N1CCC(N2CCCC(CNC(=O)c3ccc4ncccc4c3)C2)CC1. The van der Waals surface area contributed by atoms with Crippen molar-refractivity contribution in [2.24, 2.45) is 5.92 Å². The summed E-state index contributed by atoms with van der Waals surface area (Å²) in [6, 6.07) is 16.5. The maximum Gasteiger partial charge on any atom is 0.251 e. The van der Waals surface area contributed by atoms with Crippen molar-refractivity contribution in [3.8, 4) is 0 Å². The Bertz CT molecular complexity index is 1210. The highest BCUT2D eigenvalue weighted by Crippen LogP contribution is 2.31. The van der Waals surface area contributed by atoms with Crippen LogP contribution in [-0.2, 0) is 0 Å². The molecule has 1 aromatic heterocycles. The Morgan fingerprint density at radius 2 is 1.89 bits per heavy atom. The van der Waals surface area contributed by atoms with E-state index in [-0.39, 0.29) is 5.91 Å². The van der Waals surface area contributed by atoms with E-state index in [1.54, 1.807) is 6.20 Å². The normalized spacial score (nSPS) is 20.9. The molecular formula is C29H34Cl2N4O. The van der Waals surface area contributed by atoms with Crippen LogP contribution in [0.25, 0.3) is 10.9 Å². The number of aromatic nitrogens is 1. The predicted molar refractivity (Wildman–Crippen MR) is 148 cm³/mol. The Labute approximate surface area is 223 Å². The maximum absolute atomic E-state index is 12.8. The summed E-state index contributed by atoms with van der Waals surface area (Å²) < 4.78 is 0. The number of benzene rings is 2. The molecule has 2 atom stereocenters. The van der Waals surface area contributed by atoms with Crippen LogP contribution in [0, 0.1) is 5.92 Å². The van der Waals surface area contributed by atoms with Crippen LogP contribution < -0.4 is 5.32 Å². The standard InChI is InChI=1S/C29H34Cl2N4O/c1-20(22-6-8-26(30)27(31)17-22)34-14-10-25(11-15-34)35-13-3-4-21(19-35)18-33-29(36)24-7-9-28-23(16-24)5-2-12-32-28/h2,5-9,12,16-17,20-21,25H,3-4,10-11,13-15,18-19H2,1H3,(H,33,36). The van der Waals surface area contributed by atoms with E-state index in [0.717, 1.165) is 43.6 Å². The Morgan fingerprint density at radius 3 is 2.69 bits per heavy atom. The summed E-state index contributed by atoms with van der Waals surface area (Å²) in [5.74, 6) is 0.500. The van der Waals surface area contributed by atoms with E-state index in [2.05, 4.69) is 33.1 Å². The van der Waals surface area contributed by atoms with Gasteiger partial charge in [-0.15, -0.1) is 0 Å². The Morgan fingerprint density at radius 1 is 1.06 bits per heavy atom. The third-order valence-corrected chi connectivity index (χ3v) is 8.70. The summed E-state index contributed by atoms with van der Waals surface area (Å²) in [5.41, 5.74) is 2.83. The van der Waals surface area contributed by atoms with Gasteiger partial charge in [-0.2, -0.15) is 0 Å². The molecular weight excluding hydrogens is 491 g/mol. The zero-order valence-corrected chi connectivity index (χ0v) is 22.3. The van der Waals surface area contributed by atoms with Gasteiger partial charge in [-0.05, 0) is 87.0 Å². The predicted octanol–water partition coefficient (Wildman–Crippen LogP) is 6.21. The van der Waals surface area contributed by atoms with Gasteiger partial charge in [0.1, 0.15) is 0 Å². The summed E-state index contributed by atoms with van der Waals surface area (Å²) in [5, 5.41) is 5.42. The van der Waals surface area contributed by atoms with Crippen LogP contribution in [0.5, 0.6) is 0 Å². The molecule has 2 fully saturated rings. The summed E-state index contributed by atoms with van der Waals surface area (Å²) in [6.45, 7) is 7.38. The number of nitrogens with zero attached hydrogens (tertiary/aromatic N) is 3. The van der Waals surface area contributed by atoms with Crippen molar-refractivity contribution in [2.75, 3.05) is 32.7 Å². The number of fused-ring (bicyclic) bond motifs is 1. The fourth-order valence-corrected chi connectivity index (χ4v) is 6.08. The first-order valence-electron chi connectivity index (χ1n) is 13.0. The van der Waals surface area contributed by atoms with Crippen LogP contribution in [0.2, 0.25) is 10.0 Å². The number of amides is 1. The molecule has 2 unspecified atom stereocenters. The molecule has 5 rings (SSSR count). The van der Waals surface area contributed by atoms with Crippen molar-refractivity contribution in [2.45, 2.75) is 44.7 Å². The number of pyridine rings is 1.